The van der Waals surface area contributed by atoms with Crippen molar-refractivity contribution in [2.75, 3.05) is 18.0 Å². The number of anilines is 1. The summed E-state index contributed by atoms with van der Waals surface area (Å²) in [6, 6.07) is 16.8. The van der Waals surface area contributed by atoms with Gasteiger partial charge in [-0.3, -0.25) is 4.79 Å². The third kappa shape index (κ3) is 2.65. The number of likely N-dealkylation sites (tertiary alicyclic amines) is 1. The summed E-state index contributed by atoms with van der Waals surface area (Å²) in [4.78, 5) is 31.5. The first kappa shape index (κ1) is 16.7. The maximum atomic E-state index is 13.2. The quantitative estimate of drug-likeness (QED) is 0.567. The summed E-state index contributed by atoms with van der Waals surface area (Å²) >= 11 is 1.58. The lowest BCUT2D eigenvalue weighted by molar-refractivity contribution is 0.0730. The molecule has 0 spiro atoms. The lowest BCUT2D eigenvalue weighted by Crippen LogP contribution is -2.49. The second-order valence-electron chi connectivity index (χ2n) is 7.62. The third-order valence-electron chi connectivity index (χ3n) is 5.98. The molecule has 2 atom stereocenters. The summed E-state index contributed by atoms with van der Waals surface area (Å²) in [5.41, 5.74) is 2.02. The SMILES string of the molecule is O=C(c1ccc(-c2ccccc2)s1)N1CC2CC1CN2c1ncnc2[nH]ccc12. The summed E-state index contributed by atoms with van der Waals surface area (Å²) in [7, 11) is 0. The minimum atomic E-state index is 0.152. The van der Waals surface area contributed by atoms with Crippen molar-refractivity contribution in [3.8, 4) is 10.4 Å². The summed E-state index contributed by atoms with van der Waals surface area (Å²) < 4.78 is 0. The molecule has 5 heterocycles. The molecule has 2 fully saturated rings. The van der Waals surface area contributed by atoms with Gasteiger partial charge in [-0.25, -0.2) is 9.97 Å². The zero-order chi connectivity index (χ0) is 19.4. The number of amides is 1. The van der Waals surface area contributed by atoms with Gasteiger partial charge in [-0.2, -0.15) is 0 Å². The highest BCUT2D eigenvalue weighted by Gasteiger charge is 2.46. The number of hydrogen-bond donors (Lipinski definition) is 1. The molecule has 4 aromatic rings. The Bertz CT molecular complexity index is 1200. The molecule has 1 N–H and O–H groups in total. The highest BCUT2D eigenvalue weighted by atomic mass is 32.1. The monoisotopic (exact) mass is 401 g/mol. The maximum absolute atomic E-state index is 13.2. The van der Waals surface area contributed by atoms with Gasteiger partial charge in [0.15, 0.2) is 0 Å². The average molecular weight is 401 g/mol. The molecule has 7 heteroatoms. The van der Waals surface area contributed by atoms with Gasteiger partial charge in [0.1, 0.15) is 17.8 Å². The zero-order valence-corrected chi connectivity index (χ0v) is 16.5. The van der Waals surface area contributed by atoms with Crippen molar-refractivity contribution in [2.24, 2.45) is 0 Å². The van der Waals surface area contributed by atoms with Crippen LogP contribution in [0.4, 0.5) is 5.82 Å². The number of aromatic nitrogens is 3. The van der Waals surface area contributed by atoms with Crippen LogP contribution in [0.25, 0.3) is 21.5 Å². The van der Waals surface area contributed by atoms with Crippen LogP contribution in [0.1, 0.15) is 16.1 Å². The maximum Gasteiger partial charge on any atom is 0.264 e. The number of carbonyl (C=O) groups is 1. The normalized spacial score (nSPS) is 20.7. The lowest BCUT2D eigenvalue weighted by Gasteiger charge is -2.34. The van der Waals surface area contributed by atoms with Crippen molar-refractivity contribution in [3.05, 3.63) is 65.9 Å². The third-order valence-corrected chi connectivity index (χ3v) is 7.10. The smallest absolute Gasteiger partial charge is 0.264 e. The van der Waals surface area contributed by atoms with Crippen molar-refractivity contribution in [2.45, 2.75) is 18.5 Å². The molecule has 2 aliphatic rings. The summed E-state index contributed by atoms with van der Waals surface area (Å²) in [5, 5.41) is 1.05. The first-order valence-electron chi connectivity index (χ1n) is 9.79. The van der Waals surface area contributed by atoms with Crippen LogP contribution in [0, 0.1) is 0 Å². The van der Waals surface area contributed by atoms with E-state index in [0.717, 1.165) is 51.7 Å². The van der Waals surface area contributed by atoms with Crippen molar-refractivity contribution in [1.82, 2.24) is 19.9 Å². The lowest BCUT2D eigenvalue weighted by atomic mass is 10.2. The molecule has 29 heavy (non-hydrogen) atoms. The number of piperazine rings is 1. The van der Waals surface area contributed by atoms with E-state index in [1.807, 2.05) is 36.5 Å². The van der Waals surface area contributed by atoms with Gasteiger partial charge >= 0.3 is 0 Å². The number of nitrogens with zero attached hydrogens (tertiary/aromatic N) is 4. The van der Waals surface area contributed by atoms with Gasteiger partial charge in [0.05, 0.1) is 22.3 Å². The van der Waals surface area contributed by atoms with Gasteiger partial charge in [0.2, 0.25) is 0 Å². The van der Waals surface area contributed by atoms with Crippen molar-refractivity contribution in [3.63, 3.8) is 0 Å². The van der Waals surface area contributed by atoms with Crippen LogP contribution < -0.4 is 4.90 Å². The zero-order valence-electron chi connectivity index (χ0n) is 15.7. The van der Waals surface area contributed by atoms with Crippen molar-refractivity contribution >= 4 is 34.1 Å². The standard InChI is InChI=1S/C22H19N5OS/c28-22(19-7-6-18(29-19)14-4-2-1-3-5-14)27-12-15-10-16(27)11-26(15)21-17-8-9-23-20(17)24-13-25-21/h1-9,13,15-16H,10-12H2,(H,23,24,25). The Morgan fingerprint density at radius 2 is 1.93 bits per heavy atom. The fourth-order valence-electron chi connectivity index (χ4n) is 4.61. The minimum Gasteiger partial charge on any atom is -0.349 e. The number of benzene rings is 1. The van der Waals surface area contributed by atoms with Gasteiger partial charge in [0.25, 0.3) is 5.91 Å². The number of nitrogens with one attached hydrogen (secondary N) is 1. The molecule has 6 rings (SSSR count). The van der Waals surface area contributed by atoms with E-state index in [2.05, 4.69) is 43.0 Å². The molecular weight excluding hydrogens is 382 g/mol. The molecule has 144 valence electrons. The number of H-pyrrole nitrogens is 1. The molecule has 0 aliphatic carbocycles. The topological polar surface area (TPSA) is 65.1 Å². The molecule has 1 amide bonds. The molecule has 0 saturated carbocycles. The van der Waals surface area contributed by atoms with E-state index in [4.69, 9.17) is 0 Å². The van der Waals surface area contributed by atoms with Crippen LogP contribution in [0.2, 0.25) is 0 Å². The number of rotatable bonds is 3. The van der Waals surface area contributed by atoms with E-state index in [0.29, 0.717) is 6.04 Å². The number of hydrogen-bond acceptors (Lipinski definition) is 5. The Hall–Kier alpha value is -3.19. The predicted molar refractivity (Wildman–Crippen MR) is 114 cm³/mol. The molecule has 3 aromatic heterocycles. The van der Waals surface area contributed by atoms with E-state index < -0.39 is 0 Å². The molecule has 2 bridgehead atoms. The first-order valence-corrected chi connectivity index (χ1v) is 10.6. The fraction of sp³-hybridized carbons (Fsp3) is 0.227. The molecule has 2 saturated heterocycles. The molecule has 2 unspecified atom stereocenters. The van der Waals surface area contributed by atoms with Crippen LogP contribution in [0.5, 0.6) is 0 Å². The van der Waals surface area contributed by atoms with E-state index in [1.54, 1.807) is 17.7 Å². The van der Waals surface area contributed by atoms with Gasteiger partial charge in [0, 0.05) is 24.2 Å². The molecule has 2 aliphatic heterocycles. The minimum absolute atomic E-state index is 0.152. The van der Waals surface area contributed by atoms with Gasteiger partial charge < -0.3 is 14.8 Å². The molecule has 6 nitrogen and oxygen atoms in total. The van der Waals surface area contributed by atoms with Crippen LogP contribution in [0.15, 0.2) is 61.1 Å². The molecule has 1 aromatic carbocycles. The van der Waals surface area contributed by atoms with Crippen LogP contribution in [-0.4, -0.2) is 50.9 Å². The number of carbonyl (C=O) groups excluding carboxylic acids is 1. The largest absolute Gasteiger partial charge is 0.349 e. The van der Waals surface area contributed by atoms with Crippen molar-refractivity contribution in [1.29, 1.82) is 0 Å². The first-order chi connectivity index (χ1) is 14.3. The second kappa shape index (κ2) is 6.42. The highest BCUT2D eigenvalue weighted by Crippen LogP contribution is 2.38. The van der Waals surface area contributed by atoms with E-state index in [9.17, 15) is 4.79 Å². The van der Waals surface area contributed by atoms with Gasteiger partial charge in [-0.05, 0) is 30.2 Å². The Morgan fingerprint density at radius 3 is 2.76 bits per heavy atom. The fourth-order valence-corrected chi connectivity index (χ4v) is 5.58. The predicted octanol–water partition coefficient (Wildman–Crippen LogP) is 3.79. The van der Waals surface area contributed by atoms with E-state index >= 15 is 0 Å². The molecule has 0 radical (unpaired) electrons. The van der Waals surface area contributed by atoms with Crippen LogP contribution >= 0.6 is 11.3 Å². The average Bonchev–Trinajstić information content (AvgIpc) is 3.56. The Morgan fingerprint density at radius 1 is 1.03 bits per heavy atom. The summed E-state index contributed by atoms with van der Waals surface area (Å²) in [5.74, 6) is 1.12. The van der Waals surface area contributed by atoms with Gasteiger partial charge in [-0.15, -0.1) is 11.3 Å². The van der Waals surface area contributed by atoms with Gasteiger partial charge in [-0.1, -0.05) is 30.3 Å². The Labute approximate surface area is 171 Å². The van der Waals surface area contributed by atoms with Crippen LogP contribution in [0.3, 0.4) is 0 Å². The Balaban J connectivity index is 1.22. The Kier molecular flexibility index (Phi) is 3.70. The number of aromatic amines is 1. The van der Waals surface area contributed by atoms with Crippen molar-refractivity contribution < 1.29 is 4.79 Å². The second-order valence-corrected chi connectivity index (χ2v) is 8.70. The molecular formula is C22H19N5OS. The van der Waals surface area contributed by atoms with E-state index in [1.165, 1.54) is 0 Å². The number of thiophene rings is 1. The van der Waals surface area contributed by atoms with E-state index in [-0.39, 0.29) is 11.9 Å². The van der Waals surface area contributed by atoms with Crippen LogP contribution in [-0.2, 0) is 0 Å². The number of fused-ring (bicyclic) bond motifs is 3. The highest BCUT2D eigenvalue weighted by molar-refractivity contribution is 7.17. The summed E-state index contributed by atoms with van der Waals surface area (Å²) in [6.07, 6.45) is 4.51. The summed E-state index contributed by atoms with van der Waals surface area (Å²) in [6.45, 7) is 1.57.